The number of benzene rings is 2. The number of nitrogens with two attached hydrogens (primary N) is 1. The Labute approximate surface area is 132 Å². The summed E-state index contributed by atoms with van der Waals surface area (Å²) in [7, 11) is -3.55. The first kappa shape index (κ1) is 15.3. The third-order valence-corrected chi connectivity index (χ3v) is 4.81. The van der Waals surface area contributed by atoms with E-state index < -0.39 is 10.0 Å². The zero-order valence-electron chi connectivity index (χ0n) is 10.7. The van der Waals surface area contributed by atoms with Crippen LogP contribution in [-0.2, 0) is 16.4 Å². The fraction of sp³-hybridized carbons (Fsp3) is 0.143. The molecule has 0 spiro atoms. The molecule has 0 saturated heterocycles. The predicted octanol–water partition coefficient (Wildman–Crippen LogP) is 2.59. The average molecular weight is 402 g/mol. The van der Waals surface area contributed by atoms with Crippen LogP contribution in [0.1, 0.15) is 5.56 Å². The van der Waals surface area contributed by atoms with Gasteiger partial charge in [0, 0.05) is 9.26 Å². The van der Waals surface area contributed by atoms with Crippen LogP contribution < -0.4 is 10.5 Å². The maximum absolute atomic E-state index is 12.2. The summed E-state index contributed by atoms with van der Waals surface area (Å²) in [6.07, 6.45) is 0.741. The second-order valence-corrected chi connectivity index (χ2v) is 7.23. The van der Waals surface area contributed by atoms with Crippen LogP contribution in [0.4, 0.5) is 5.69 Å². The van der Waals surface area contributed by atoms with Crippen molar-refractivity contribution in [2.75, 3.05) is 11.3 Å². The number of nitrogens with one attached hydrogen (secondary N) is 1. The van der Waals surface area contributed by atoms with Crippen LogP contribution in [0.5, 0.6) is 0 Å². The van der Waals surface area contributed by atoms with Crippen LogP contribution in [0.15, 0.2) is 53.4 Å². The highest BCUT2D eigenvalue weighted by molar-refractivity contribution is 14.1. The largest absolute Gasteiger partial charge is 0.330 e. The van der Waals surface area contributed by atoms with Crippen molar-refractivity contribution in [3.8, 4) is 0 Å². The maximum Gasteiger partial charge on any atom is 0.261 e. The third kappa shape index (κ3) is 3.94. The monoisotopic (exact) mass is 402 g/mol. The zero-order valence-corrected chi connectivity index (χ0v) is 13.7. The van der Waals surface area contributed by atoms with Gasteiger partial charge in [-0.3, -0.25) is 4.72 Å². The first-order chi connectivity index (χ1) is 9.51. The number of hydrogen-bond acceptors (Lipinski definition) is 3. The molecule has 0 aliphatic rings. The molecule has 0 saturated carbocycles. The molecule has 0 aromatic heterocycles. The molecule has 0 fully saturated rings. The Morgan fingerprint density at radius 3 is 2.40 bits per heavy atom. The van der Waals surface area contributed by atoms with Crippen molar-refractivity contribution in [2.24, 2.45) is 5.73 Å². The minimum Gasteiger partial charge on any atom is -0.330 e. The number of rotatable bonds is 5. The molecule has 0 heterocycles. The van der Waals surface area contributed by atoms with E-state index in [4.69, 9.17) is 5.73 Å². The molecule has 2 rings (SSSR count). The van der Waals surface area contributed by atoms with Crippen molar-refractivity contribution >= 4 is 38.3 Å². The lowest BCUT2D eigenvalue weighted by Crippen LogP contribution is -2.13. The first-order valence-corrected chi connectivity index (χ1v) is 8.65. The molecule has 106 valence electrons. The third-order valence-electron chi connectivity index (χ3n) is 2.74. The minimum atomic E-state index is -3.55. The summed E-state index contributed by atoms with van der Waals surface area (Å²) in [5.74, 6) is 0. The Morgan fingerprint density at radius 1 is 1.10 bits per heavy atom. The van der Waals surface area contributed by atoms with E-state index in [0.29, 0.717) is 12.2 Å². The standard InChI is InChI=1S/C14H15IN2O2S/c15-12-2-1-3-13(10-12)17-20(18,19)14-6-4-11(5-7-14)8-9-16/h1-7,10,17H,8-9,16H2. The topological polar surface area (TPSA) is 72.2 Å². The van der Waals surface area contributed by atoms with E-state index in [0.717, 1.165) is 15.6 Å². The first-order valence-electron chi connectivity index (χ1n) is 6.09. The molecule has 6 heteroatoms. The van der Waals surface area contributed by atoms with Gasteiger partial charge in [-0.15, -0.1) is 0 Å². The van der Waals surface area contributed by atoms with Crippen molar-refractivity contribution in [3.05, 3.63) is 57.7 Å². The molecule has 0 amide bonds. The molecule has 0 aliphatic carbocycles. The summed E-state index contributed by atoms with van der Waals surface area (Å²) >= 11 is 2.14. The maximum atomic E-state index is 12.2. The number of anilines is 1. The Hall–Kier alpha value is -1.12. The molecule has 0 aliphatic heterocycles. The molecule has 2 aromatic rings. The van der Waals surface area contributed by atoms with Crippen LogP contribution in [0.25, 0.3) is 0 Å². The van der Waals surface area contributed by atoms with E-state index in [1.165, 1.54) is 0 Å². The van der Waals surface area contributed by atoms with Crippen LogP contribution in [0.3, 0.4) is 0 Å². The highest BCUT2D eigenvalue weighted by Gasteiger charge is 2.13. The van der Waals surface area contributed by atoms with Crippen molar-refractivity contribution in [1.29, 1.82) is 0 Å². The van der Waals surface area contributed by atoms with E-state index in [9.17, 15) is 8.42 Å². The summed E-state index contributed by atoms with van der Waals surface area (Å²) in [6.45, 7) is 0.548. The van der Waals surface area contributed by atoms with Crippen molar-refractivity contribution in [3.63, 3.8) is 0 Å². The molecule has 0 bridgehead atoms. The molecule has 0 radical (unpaired) electrons. The Bertz CT molecular complexity index is 685. The predicted molar refractivity (Wildman–Crippen MR) is 89.2 cm³/mol. The second-order valence-electron chi connectivity index (χ2n) is 4.30. The molecule has 3 N–H and O–H groups in total. The molecule has 0 unspecified atom stereocenters. The molecule has 0 atom stereocenters. The second kappa shape index (κ2) is 6.55. The van der Waals surface area contributed by atoms with Gasteiger partial charge in [-0.05, 0) is 71.5 Å². The Morgan fingerprint density at radius 2 is 1.80 bits per heavy atom. The average Bonchev–Trinajstić information content (AvgIpc) is 2.39. The van der Waals surface area contributed by atoms with Gasteiger partial charge >= 0.3 is 0 Å². The van der Waals surface area contributed by atoms with Gasteiger partial charge in [0.2, 0.25) is 0 Å². The number of sulfonamides is 1. The van der Waals surface area contributed by atoms with Gasteiger partial charge in [-0.25, -0.2) is 8.42 Å². The summed E-state index contributed by atoms with van der Waals surface area (Å²) in [4.78, 5) is 0.247. The van der Waals surface area contributed by atoms with Crippen molar-refractivity contribution in [2.45, 2.75) is 11.3 Å². The lowest BCUT2D eigenvalue weighted by atomic mass is 10.2. The van der Waals surface area contributed by atoms with E-state index in [2.05, 4.69) is 27.3 Å². The van der Waals surface area contributed by atoms with E-state index in [1.807, 2.05) is 12.1 Å². The molecule has 20 heavy (non-hydrogen) atoms. The fourth-order valence-corrected chi connectivity index (χ4v) is 3.36. The molecular formula is C14H15IN2O2S. The minimum absolute atomic E-state index is 0.247. The quantitative estimate of drug-likeness (QED) is 0.756. The number of hydrogen-bond donors (Lipinski definition) is 2. The fourth-order valence-electron chi connectivity index (χ4n) is 1.77. The van der Waals surface area contributed by atoms with E-state index in [-0.39, 0.29) is 4.90 Å². The van der Waals surface area contributed by atoms with Crippen molar-refractivity contribution in [1.82, 2.24) is 0 Å². The summed E-state index contributed by atoms with van der Waals surface area (Å²) < 4.78 is 28.0. The smallest absolute Gasteiger partial charge is 0.261 e. The van der Waals surface area contributed by atoms with Crippen LogP contribution in [-0.4, -0.2) is 15.0 Å². The summed E-state index contributed by atoms with van der Waals surface area (Å²) in [6, 6.07) is 14.0. The normalized spacial score (nSPS) is 11.3. The Balaban J connectivity index is 2.21. The van der Waals surface area contributed by atoms with E-state index in [1.54, 1.807) is 36.4 Å². The molecular weight excluding hydrogens is 387 g/mol. The van der Waals surface area contributed by atoms with E-state index >= 15 is 0 Å². The Kier molecular flexibility index (Phi) is 5.00. The molecule has 2 aromatic carbocycles. The van der Waals surface area contributed by atoms with Gasteiger partial charge < -0.3 is 5.73 Å². The lowest BCUT2D eigenvalue weighted by molar-refractivity contribution is 0.601. The van der Waals surface area contributed by atoms with Gasteiger partial charge in [0.1, 0.15) is 0 Å². The number of halogens is 1. The lowest BCUT2D eigenvalue weighted by Gasteiger charge is -2.09. The zero-order chi connectivity index (χ0) is 14.6. The van der Waals surface area contributed by atoms with Crippen LogP contribution >= 0.6 is 22.6 Å². The van der Waals surface area contributed by atoms with Gasteiger partial charge in [-0.2, -0.15) is 0 Å². The summed E-state index contributed by atoms with van der Waals surface area (Å²) in [5.41, 5.74) is 7.06. The molecule has 4 nitrogen and oxygen atoms in total. The van der Waals surface area contributed by atoms with Crippen molar-refractivity contribution < 1.29 is 8.42 Å². The highest BCUT2D eigenvalue weighted by Crippen LogP contribution is 2.18. The highest BCUT2D eigenvalue weighted by atomic mass is 127. The SMILES string of the molecule is NCCc1ccc(S(=O)(=O)Nc2cccc(I)c2)cc1. The summed E-state index contributed by atoms with van der Waals surface area (Å²) in [5, 5.41) is 0. The van der Waals surface area contributed by atoms with Gasteiger partial charge in [0.05, 0.1) is 4.90 Å². The van der Waals surface area contributed by atoms with Gasteiger partial charge in [-0.1, -0.05) is 18.2 Å². The van der Waals surface area contributed by atoms with Crippen LogP contribution in [0, 0.1) is 3.57 Å². The van der Waals surface area contributed by atoms with Crippen LogP contribution in [0.2, 0.25) is 0 Å². The van der Waals surface area contributed by atoms with Gasteiger partial charge in [0.15, 0.2) is 0 Å². The van der Waals surface area contributed by atoms with Gasteiger partial charge in [0.25, 0.3) is 10.0 Å².